The molecule has 2 N–H and O–H groups in total. The second-order valence-corrected chi connectivity index (χ2v) is 4.98. The fourth-order valence-corrected chi connectivity index (χ4v) is 1.28. The van der Waals surface area contributed by atoms with E-state index in [9.17, 15) is 0 Å². The number of phenolic OH excluding ortho intramolecular Hbond substituents is 1. The predicted octanol–water partition coefficient (Wildman–Crippen LogP) is 1.82. The molecule has 1 rings (SSSR count). The van der Waals surface area contributed by atoms with Crippen molar-refractivity contribution in [3.05, 3.63) is 29.8 Å². The van der Waals surface area contributed by atoms with Crippen LogP contribution in [0.1, 0.15) is 19.4 Å². The van der Waals surface area contributed by atoms with Gasteiger partial charge in [-0.25, -0.2) is 0 Å². The third kappa shape index (κ3) is 3.83. The molecule has 1 aromatic carbocycles. The zero-order valence-electron chi connectivity index (χ0n) is 10.6. The van der Waals surface area contributed by atoms with Gasteiger partial charge in [-0.15, -0.1) is 0 Å². The molecule has 0 aliphatic carbocycles. The first kappa shape index (κ1) is 13.0. The molecule has 0 aliphatic rings. The molecule has 0 aromatic heterocycles. The highest BCUT2D eigenvalue weighted by molar-refractivity contribution is 5.25. The maximum Gasteiger partial charge on any atom is 0.115 e. The van der Waals surface area contributed by atoms with Crippen LogP contribution in [0.4, 0.5) is 0 Å². The van der Waals surface area contributed by atoms with Crippen molar-refractivity contribution < 1.29 is 5.11 Å². The Kier molecular flexibility index (Phi) is 4.33. The number of aromatic hydroxyl groups is 1. The quantitative estimate of drug-likeness (QED) is 0.797. The summed E-state index contributed by atoms with van der Waals surface area (Å²) in [6, 6.07) is 7.30. The number of nitrogens with one attached hydrogen (secondary N) is 1. The van der Waals surface area contributed by atoms with Gasteiger partial charge in [-0.1, -0.05) is 12.1 Å². The van der Waals surface area contributed by atoms with Gasteiger partial charge >= 0.3 is 0 Å². The normalized spacial score (nSPS) is 12.1. The highest BCUT2D eigenvalue weighted by Gasteiger charge is 2.19. The van der Waals surface area contributed by atoms with Crippen LogP contribution in [-0.4, -0.2) is 36.2 Å². The molecule has 3 heteroatoms. The van der Waals surface area contributed by atoms with Crippen LogP contribution < -0.4 is 5.32 Å². The summed E-state index contributed by atoms with van der Waals surface area (Å²) in [5.41, 5.74) is 1.34. The van der Waals surface area contributed by atoms with Crippen molar-refractivity contribution in [2.24, 2.45) is 0 Å². The minimum atomic E-state index is 0.150. The molecule has 1 aromatic rings. The Morgan fingerprint density at radius 3 is 2.25 bits per heavy atom. The Hall–Kier alpha value is -1.06. The van der Waals surface area contributed by atoms with Gasteiger partial charge in [0.1, 0.15) is 5.75 Å². The van der Waals surface area contributed by atoms with Gasteiger partial charge in [0.15, 0.2) is 0 Å². The Balaban J connectivity index is 2.39. The van der Waals surface area contributed by atoms with E-state index in [1.807, 2.05) is 12.1 Å². The average molecular weight is 222 g/mol. The smallest absolute Gasteiger partial charge is 0.115 e. The van der Waals surface area contributed by atoms with Crippen molar-refractivity contribution >= 4 is 0 Å². The lowest BCUT2D eigenvalue weighted by atomic mass is 10.0. The molecule has 0 heterocycles. The van der Waals surface area contributed by atoms with Gasteiger partial charge in [0.05, 0.1) is 0 Å². The SMILES string of the molecule is CN(C)C(C)(C)CNCc1ccc(O)cc1. The van der Waals surface area contributed by atoms with Crippen LogP contribution in [0.2, 0.25) is 0 Å². The summed E-state index contributed by atoms with van der Waals surface area (Å²) in [6.45, 7) is 6.17. The Morgan fingerprint density at radius 2 is 1.75 bits per heavy atom. The molecule has 90 valence electrons. The summed E-state index contributed by atoms with van der Waals surface area (Å²) in [4.78, 5) is 2.21. The molecule has 3 nitrogen and oxygen atoms in total. The van der Waals surface area contributed by atoms with Gasteiger partial charge in [-0.05, 0) is 45.6 Å². The molecule has 0 spiro atoms. The van der Waals surface area contributed by atoms with E-state index in [1.165, 1.54) is 5.56 Å². The predicted molar refractivity (Wildman–Crippen MR) is 67.6 cm³/mol. The van der Waals surface area contributed by atoms with Gasteiger partial charge in [0, 0.05) is 18.6 Å². The van der Waals surface area contributed by atoms with Crippen LogP contribution in [-0.2, 0) is 6.54 Å². The first-order valence-electron chi connectivity index (χ1n) is 5.58. The van der Waals surface area contributed by atoms with Crippen LogP contribution in [0.25, 0.3) is 0 Å². The third-order valence-corrected chi connectivity index (χ3v) is 3.03. The van der Waals surface area contributed by atoms with Crippen molar-refractivity contribution in [2.75, 3.05) is 20.6 Å². The number of nitrogens with zero attached hydrogens (tertiary/aromatic N) is 1. The summed E-state index contributed by atoms with van der Waals surface area (Å²) in [5.74, 6) is 0.317. The standard InChI is InChI=1S/C13H22N2O/c1-13(2,15(3)4)10-14-9-11-5-7-12(16)8-6-11/h5-8,14,16H,9-10H2,1-4H3. The Labute approximate surface area is 98.1 Å². The number of hydrogen-bond donors (Lipinski definition) is 2. The van der Waals surface area contributed by atoms with E-state index in [0.717, 1.165) is 13.1 Å². The fraction of sp³-hybridized carbons (Fsp3) is 0.538. The number of benzene rings is 1. The minimum absolute atomic E-state index is 0.150. The molecular formula is C13H22N2O. The Morgan fingerprint density at radius 1 is 1.19 bits per heavy atom. The summed E-state index contributed by atoms with van der Waals surface area (Å²) in [5, 5.41) is 12.6. The van der Waals surface area contributed by atoms with E-state index in [0.29, 0.717) is 5.75 Å². The van der Waals surface area contributed by atoms with E-state index < -0.39 is 0 Å². The lowest BCUT2D eigenvalue weighted by Gasteiger charge is -2.32. The zero-order chi connectivity index (χ0) is 12.2. The highest BCUT2D eigenvalue weighted by Crippen LogP contribution is 2.11. The molecule has 0 aliphatic heterocycles. The monoisotopic (exact) mass is 222 g/mol. The van der Waals surface area contributed by atoms with E-state index in [2.05, 4.69) is 38.2 Å². The first-order valence-corrected chi connectivity index (χ1v) is 5.58. The molecular weight excluding hydrogens is 200 g/mol. The molecule has 0 saturated carbocycles. The number of likely N-dealkylation sites (N-methyl/N-ethyl adjacent to an activating group) is 1. The second kappa shape index (κ2) is 5.32. The van der Waals surface area contributed by atoms with Crippen LogP contribution >= 0.6 is 0 Å². The van der Waals surface area contributed by atoms with Crippen molar-refractivity contribution in [1.82, 2.24) is 10.2 Å². The summed E-state index contributed by atoms with van der Waals surface area (Å²) in [6.07, 6.45) is 0. The van der Waals surface area contributed by atoms with Crippen LogP contribution in [0, 0.1) is 0 Å². The van der Waals surface area contributed by atoms with Crippen LogP contribution in [0.5, 0.6) is 5.75 Å². The van der Waals surface area contributed by atoms with Gasteiger partial charge in [0.2, 0.25) is 0 Å². The number of phenols is 1. The summed E-state index contributed by atoms with van der Waals surface area (Å²) >= 11 is 0. The number of hydrogen-bond acceptors (Lipinski definition) is 3. The van der Waals surface area contributed by atoms with Gasteiger partial charge in [-0.3, -0.25) is 0 Å². The van der Waals surface area contributed by atoms with Gasteiger partial charge < -0.3 is 15.3 Å². The maximum atomic E-state index is 9.16. The minimum Gasteiger partial charge on any atom is -0.508 e. The molecule has 0 bridgehead atoms. The lowest BCUT2D eigenvalue weighted by Crippen LogP contribution is -2.46. The molecule has 0 unspecified atom stereocenters. The summed E-state index contributed by atoms with van der Waals surface area (Å²) in [7, 11) is 4.17. The highest BCUT2D eigenvalue weighted by atomic mass is 16.3. The van der Waals surface area contributed by atoms with Crippen molar-refractivity contribution in [1.29, 1.82) is 0 Å². The molecule has 0 atom stereocenters. The average Bonchev–Trinajstić information content (AvgIpc) is 2.20. The zero-order valence-corrected chi connectivity index (χ0v) is 10.6. The molecule has 0 radical (unpaired) electrons. The molecule has 0 saturated heterocycles. The van der Waals surface area contributed by atoms with E-state index in [4.69, 9.17) is 5.11 Å². The molecule has 16 heavy (non-hydrogen) atoms. The largest absolute Gasteiger partial charge is 0.508 e. The molecule has 0 fully saturated rings. The van der Waals surface area contributed by atoms with E-state index in [1.54, 1.807) is 12.1 Å². The van der Waals surface area contributed by atoms with Crippen LogP contribution in [0.15, 0.2) is 24.3 Å². The lowest BCUT2D eigenvalue weighted by molar-refractivity contribution is 0.190. The molecule has 0 amide bonds. The van der Waals surface area contributed by atoms with Gasteiger partial charge in [0.25, 0.3) is 0 Å². The van der Waals surface area contributed by atoms with Gasteiger partial charge in [-0.2, -0.15) is 0 Å². The van der Waals surface area contributed by atoms with Crippen molar-refractivity contribution in [2.45, 2.75) is 25.9 Å². The van der Waals surface area contributed by atoms with Crippen LogP contribution in [0.3, 0.4) is 0 Å². The van der Waals surface area contributed by atoms with Crippen molar-refractivity contribution in [3.8, 4) is 5.75 Å². The fourth-order valence-electron chi connectivity index (χ4n) is 1.28. The van der Waals surface area contributed by atoms with E-state index in [-0.39, 0.29) is 5.54 Å². The maximum absolute atomic E-state index is 9.16. The third-order valence-electron chi connectivity index (χ3n) is 3.03. The second-order valence-electron chi connectivity index (χ2n) is 4.98. The first-order chi connectivity index (χ1) is 7.42. The number of rotatable bonds is 5. The van der Waals surface area contributed by atoms with Crippen molar-refractivity contribution in [3.63, 3.8) is 0 Å². The Bertz CT molecular complexity index is 317. The topological polar surface area (TPSA) is 35.5 Å². The van der Waals surface area contributed by atoms with E-state index >= 15 is 0 Å². The summed E-state index contributed by atoms with van der Waals surface area (Å²) < 4.78 is 0.